The predicted molar refractivity (Wildman–Crippen MR) is 59.7 cm³/mol. The maximum absolute atomic E-state index is 11.6. The van der Waals surface area contributed by atoms with Crippen molar-refractivity contribution in [3.05, 3.63) is 48.0 Å². The number of fused-ring (bicyclic) bond motifs is 1. The molecule has 0 unspecified atom stereocenters. The lowest BCUT2D eigenvalue weighted by atomic mass is 10.1. The Hall–Kier alpha value is -1.61. The molecule has 0 bridgehead atoms. The van der Waals surface area contributed by atoms with E-state index < -0.39 is 0 Å². The first-order valence-electron chi connectivity index (χ1n) is 5.50. The highest BCUT2D eigenvalue weighted by Crippen LogP contribution is 2.25. The zero-order valence-electron chi connectivity index (χ0n) is 8.87. The third kappa shape index (κ3) is 1.53. The molecule has 2 aliphatic rings. The van der Waals surface area contributed by atoms with E-state index in [9.17, 15) is 4.79 Å². The summed E-state index contributed by atoms with van der Waals surface area (Å²) < 4.78 is 5.65. The Morgan fingerprint density at radius 3 is 2.94 bits per heavy atom. The fourth-order valence-corrected chi connectivity index (χ4v) is 2.29. The van der Waals surface area contributed by atoms with Crippen LogP contribution in [0.15, 0.2) is 42.5 Å². The molecule has 0 aromatic heterocycles. The van der Waals surface area contributed by atoms with Crippen molar-refractivity contribution in [2.24, 2.45) is 0 Å². The van der Waals surface area contributed by atoms with E-state index in [4.69, 9.17) is 4.74 Å². The van der Waals surface area contributed by atoms with Gasteiger partial charge in [-0.3, -0.25) is 4.79 Å². The molecule has 2 atom stereocenters. The molecule has 82 valence electrons. The maximum atomic E-state index is 11.6. The van der Waals surface area contributed by atoms with Crippen LogP contribution in [-0.4, -0.2) is 29.7 Å². The molecule has 3 nitrogen and oxygen atoms in total. The summed E-state index contributed by atoms with van der Waals surface area (Å²) >= 11 is 0. The largest absolute Gasteiger partial charge is 0.355 e. The van der Waals surface area contributed by atoms with Crippen LogP contribution in [0.1, 0.15) is 5.56 Å². The summed E-state index contributed by atoms with van der Waals surface area (Å²) in [6.45, 7) is 0.625. The van der Waals surface area contributed by atoms with Crippen LogP contribution < -0.4 is 0 Å². The van der Waals surface area contributed by atoms with E-state index in [-0.39, 0.29) is 18.2 Å². The predicted octanol–water partition coefficient (Wildman–Crippen LogP) is 1.35. The molecule has 1 aromatic carbocycles. The van der Waals surface area contributed by atoms with Crippen molar-refractivity contribution in [1.82, 2.24) is 4.90 Å². The van der Waals surface area contributed by atoms with E-state index in [0.717, 1.165) is 6.42 Å². The number of hydrogen-bond acceptors (Lipinski definition) is 2. The van der Waals surface area contributed by atoms with Crippen molar-refractivity contribution < 1.29 is 9.53 Å². The van der Waals surface area contributed by atoms with Crippen LogP contribution in [0.4, 0.5) is 0 Å². The first-order valence-corrected chi connectivity index (χ1v) is 5.50. The van der Waals surface area contributed by atoms with Gasteiger partial charge in [-0.15, -0.1) is 0 Å². The molecule has 0 N–H and O–H groups in total. The highest BCUT2D eigenvalue weighted by Gasteiger charge is 2.38. The number of carbonyl (C=O) groups is 1. The number of benzene rings is 1. The van der Waals surface area contributed by atoms with Gasteiger partial charge in [0.05, 0.1) is 12.6 Å². The van der Waals surface area contributed by atoms with Gasteiger partial charge >= 0.3 is 0 Å². The van der Waals surface area contributed by atoms with Gasteiger partial charge in [0.25, 0.3) is 0 Å². The van der Waals surface area contributed by atoms with Gasteiger partial charge in [-0.2, -0.15) is 0 Å². The van der Waals surface area contributed by atoms with Crippen LogP contribution in [0.25, 0.3) is 0 Å². The summed E-state index contributed by atoms with van der Waals surface area (Å²) in [5.41, 5.74) is 1.20. The fraction of sp³-hybridized carbons (Fsp3) is 0.308. The van der Waals surface area contributed by atoms with E-state index in [1.165, 1.54) is 5.56 Å². The van der Waals surface area contributed by atoms with Crippen LogP contribution in [0.2, 0.25) is 0 Å². The van der Waals surface area contributed by atoms with Gasteiger partial charge in [0.15, 0.2) is 0 Å². The fourth-order valence-electron chi connectivity index (χ4n) is 2.29. The molecule has 0 spiro atoms. The second kappa shape index (κ2) is 3.76. The summed E-state index contributed by atoms with van der Waals surface area (Å²) in [7, 11) is 0. The van der Waals surface area contributed by atoms with E-state index in [1.54, 1.807) is 6.08 Å². The molecule has 0 aliphatic carbocycles. The molecule has 1 saturated heterocycles. The SMILES string of the molecule is O=C1C=C[C@H]2CO[C@H](Cc3ccccc3)N12. The molecule has 1 aromatic rings. The molecule has 3 heteroatoms. The van der Waals surface area contributed by atoms with Gasteiger partial charge in [-0.05, 0) is 5.56 Å². The third-order valence-corrected chi connectivity index (χ3v) is 3.10. The second-order valence-corrected chi connectivity index (χ2v) is 4.15. The van der Waals surface area contributed by atoms with Crippen molar-refractivity contribution in [2.75, 3.05) is 6.61 Å². The van der Waals surface area contributed by atoms with Gasteiger partial charge in [-0.25, -0.2) is 0 Å². The van der Waals surface area contributed by atoms with Gasteiger partial charge < -0.3 is 9.64 Å². The lowest BCUT2D eigenvalue weighted by Crippen LogP contribution is -2.37. The summed E-state index contributed by atoms with van der Waals surface area (Å²) in [5, 5.41) is 0. The molecule has 3 rings (SSSR count). The number of hydrogen-bond donors (Lipinski definition) is 0. The van der Waals surface area contributed by atoms with Gasteiger partial charge in [0.2, 0.25) is 5.91 Å². The van der Waals surface area contributed by atoms with E-state index in [2.05, 4.69) is 12.1 Å². The number of ether oxygens (including phenoxy) is 1. The van der Waals surface area contributed by atoms with Crippen LogP contribution in [-0.2, 0) is 16.0 Å². The van der Waals surface area contributed by atoms with Gasteiger partial charge in [-0.1, -0.05) is 36.4 Å². The lowest BCUT2D eigenvalue weighted by Gasteiger charge is -2.22. The standard InChI is InChI=1S/C13H13NO2/c15-12-7-6-11-9-16-13(14(11)12)8-10-4-2-1-3-5-10/h1-7,11,13H,8-9H2/t11-,13+/m0/s1. The number of nitrogens with zero attached hydrogens (tertiary/aromatic N) is 1. The maximum Gasteiger partial charge on any atom is 0.248 e. The molecule has 0 saturated carbocycles. The first kappa shape index (κ1) is 9.60. The van der Waals surface area contributed by atoms with Gasteiger partial charge in [0, 0.05) is 12.5 Å². The van der Waals surface area contributed by atoms with Crippen molar-refractivity contribution in [2.45, 2.75) is 18.7 Å². The van der Waals surface area contributed by atoms with Crippen LogP contribution in [0.3, 0.4) is 0 Å². The zero-order valence-corrected chi connectivity index (χ0v) is 8.87. The van der Waals surface area contributed by atoms with E-state index in [1.807, 2.05) is 29.2 Å². The highest BCUT2D eigenvalue weighted by atomic mass is 16.5. The van der Waals surface area contributed by atoms with Crippen molar-refractivity contribution in [3.63, 3.8) is 0 Å². The summed E-state index contributed by atoms with van der Waals surface area (Å²) in [6, 6.07) is 10.3. The van der Waals surface area contributed by atoms with Crippen molar-refractivity contribution in [1.29, 1.82) is 0 Å². The van der Waals surface area contributed by atoms with Gasteiger partial charge in [0.1, 0.15) is 6.23 Å². The molecule has 2 aliphatic heterocycles. The Morgan fingerprint density at radius 2 is 2.12 bits per heavy atom. The van der Waals surface area contributed by atoms with E-state index in [0.29, 0.717) is 6.61 Å². The molecule has 16 heavy (non-hydrogen) atoms. The van der Waals surface area contributed by atoms with E-state index >= 15 is 0 Å². The van der Waals surface area contributed by atoms with Crippen molar-refractivity contribution in [3.8, 4) is 0 Å². The average molecular weight is 215 g/mol. The Balaban J connectivity index is 1.75. The quantitative estimate of drug-likeness (QED) is 0.745. The van der Waals surface area contributed by atoms with Crippen LogP contribution in [0.5, 0.6) is 0 Å². The monoisotopic (exact) mass is 215 g/mol. The molecular formula is C13H13NO2. The third-order valence-electron chi connectivity index (χ3n) is 3.10. The molecule has 0 radical (unpaired) electrons. The zero-order chi connectivity index (χ0) is 11.0. The number of rotatable bonds is 2. The molecule has 2 heterocycles. The number of carbonyl (C=O) groups excluding carboxylic acids is 1. The highest BCUT2D eigenvalue weighted by molar-refractivity contribution is 5.91. The summed E-state index contributed by atoms with van der Waals surface area (Å²) in [4.78, 5) is 13.4. The lowest BCUT2D eigenvalue weighted by molar-refractivity contribution is -0.130. The Labute approximate surface area is 94.3 Å². The Kier molecular flexibility index (Phi) is 2.26. The minimum Gasteiger partial charge on any atom is -0.355 e. The average Bonchev–Trinajstić information content (AvgIpc) is 2.86. The number of amides is 1. The summed E-state index contributed by atoms with van der Waals surface area (Å²) in [6.07, 6.45) is 4.23. The van der Waals surface area contributed by atoms with Crippen LogP contribution >= 0.6 is 0 Å². The smallest absolute Gasteiger partial charge is 0.248 e. The first-order chi connectivity index (χ1) is 7.84. The Morgan fingerprint density at radius 1 is 1.31 bits per heavy atom. The minimum atomic E-state index is -0.102. The Bertz CT molecular complexity index is 427. The minimum absolute atomic E-state index is 0.0726. The molecule has 1 fully saturated rings. The van der Waals surface area contributed by atoms with Crippen LogP contribution in [0, 0.1) is 0 Å². The molecule has 1 amide bonds. The normalized spacial score (nSPS) is 27.5. The summed E-state index contributed by atoms with van der Waals surface area (Å²) in [5.74, 6) is 0.0726. The topological polar surface area (TPSA) is 29.5 Å². The molecular weight excluding hydrogens is 202 g/mol. The second-order valence-electron chi connectivity index (χ2n) is 4.15. The van der Waals surface area contributed by atoms with Crippen molar-refractivity contribution >= 4 is 5.91 Å².